The maximum atomic E-state index is 14.1. The molecule has 9 heteroatoms. The lowest BCUT2D eigenvalue weighted by molar-refractivity contribution is -0.298. The third-order valence-electron chi connectivity index (χ3n) is 10.6. The van der Waals surface area contributed by atoms with Crippen molar-refractivity contribution in [3.8, 4) is 0 Å². The Kier molecular flexibility index (Phi) is 12.2. The van der Waals surface area contributed by atoms with Gasteiger partial charge in [0.25, 0.3) is 0 Å². The van der Waals surface area contributed by atoms with Crippen LogP contribution in [0.3, 0.4) is 0 Å². The number of H-pyrrole nitrogens is 1. The van der Waals surface area contributed by atoms with Crippen LogP contribution in [-0.4, -0.2) is 58.0 Å². The second-order valence-electron chi connectivity index (χ2n) is 15.2. The van der Waals surface area contributed by atoms with Gasteiger partial charge in [0.1, 0.15) is 6.10 Å². The molecule has 0 bridgehead atoms. The van der Waals surface area contributed by atoms with E-state index in [1.807, 2.05) is 27.7 Å². The van der Waals surface area contributed by atoms with Crippen molar-refractivity contribution >= 4 is 17.8 Å². The lowest BCUT2D eigenvalue weighted by atomic mass is 9.76. The number of ether oxygens (including phenoxy) is 2. The Hall–Kier alpha value is -2.39. The number of carboxylic acids is 1. The second-order valence-corrected chi connectivity index (χ2v) is 15.2. The molecule has 4 rings (SSSR count). The van der Waals surface area contributed by atoms with Crippen LogP contribution >= 0.6 is 0 Å². The van der Waals surface area contributed by atoms with E-state index in [4.69, 9.17) is 9.47 Å². The zero-order chi connectivity index (χ0) is 32.7. The van der Waals surface area contributed by atoms with Gasteiger partial charge in [-0.25, -0.2) is 4.79 Å². The van der Waals surface area contributed by atoms with Gasteiger partial charge in [-0.2, -0.15) is 0 Å². The van der Waals surface area contributed by atoms with E-state index in [2.05, 4.69) is 22.5 Å². The summed E-state index contributed by atoms with van der Waals surface area (Å²) in [5, 5.41) is 16.9. The van der Waals surface area contributed by atoms with E-state index in [0.29, 0.717) is 17.9 Å². The summed E-state index contributed by atoms with van der Waals surface area (Å²) < 4.78 is 12.0. The number of amides is 2. The lowest BCUT2D eigenvalue weighted by Crippen LogP contribution is -2.56. The molecule has 1 aliphatic heterocycles. The van der Waals surface area contributed by atoms with E-state index < -0.39 is 29.2 Å². The van der Waals surface area contributed by atoms with Gasteiger partial charge in [-0.1, -0.05) is 85.0 Å². The van der Waals surface area contributed by atoms with Gasteiger partial charge in [-0.3, -0.25) is 9.59 Å². The van der Waals surface area contributed by atoms with Gasteiger partial charge in [0.2, 0.25) is 0 Å². The molecule has 2 heterocycles. The number of rotatable bonds is 13. The Morgan fingerprint density at radius 2 is 1.71 bits per heavy atom. The molecule has 1 aromatic rings. The van der Waals surface area contributed by atoms with Crippen LogP contribution in [0.4, 0.5) is 4.79 Å². The first-order valence-electron chi connectivity index (χ1n) is 17.7. The van der Waals surface area contributed by atoms with E-state index in [-0.39, 0.29) is 35.7 Å². The molecule has 4 atom stereocenters. The molecule has 3 fully saturated rings. The van der Waals surface area contributed by atoms with E-state index in [1.54, 1.807) is 12.3 Å². The third kappa shape index (κ3) is 9.34. The van der Waals surface area contributed by atoms with E-state index in [1.165, 1.54) is 25.7 Å². The number of carbonyl (C=O) groups is 3. The zero-order valence-corrected chi connectivity index (χ0v) is 28.5. The Balaban J connectivity index is 1.57. The highest BCUT2D eigenvalue weighted by Crippen LogP contribution is 2.42. The van der Waals surface area contributed by atoms with Gasteiger partial charge in [0, 0.05) is 40.4 Å². The number of urea groups is 1. The van der Waals surface area contributed by atoms with Crippen LogP contribution in [0.1, 0.15) is 159 Å². The number of ketones is 1. The van der Waals surface area contributed by atoms with Crippen LogP contribution in [0.2, 0.25) is 0 Å². The predicted octanol–water partition coefficient (Wildman–Crippen LogP) is 7.85. The fourth-order valence-electron chi connectivity index (χ4n) is 8.02. The Morgan fingerprint density at radius 1 is 1.00 bits per heavy atom. The van der Waals surface area contributed by atoms with Crippen LogP contribution in [0.15, 0.2) is 12.3 Å². The van der Waals surface area contributed by atoms with Crippen LogP contribution in [-0.2, 0) is 14.3 Å². The molecule has 0 spiro atoms. The molecule has 0 aromatic carbocycles. The summed E-state index contributed by atoms with van der Waals surface area (Å²) in [7, 11) is 0. The summed E-state index contributed by atoms with van der Waals surface area (Å²) in [5.41, 5.74) is 0.377. The van der Waals surface area contributed by atoms with Gasteiger partial charge in [0.15, 0.2) is 11.6 Å². The molecule has 0 radical (unpaired) electrons. The molecule has 1 aromatic heterocycles. The van der Waals surface area contributed by atoms with Gasteiger partial charge >= 0.3 is 12.0 Å². The zero-order valence-electron chi connectivity index (χ0n) is 28.5. The monoisotopic (exact) mass is 629 g/mol. The smallest absolute Gasteiger partial charge is 0.315 e. The van der Waals surface area contributed by atoms with Crippen LogP contribution < -0.4 is 10.6 Å². The summed E-state index contributed by atoms with van der Waals surface area (Å²) in [4.78, 5) is 43.5. The Morgan fingerprint density at radius 3 is 2.42 bits per heavy atom. The number of hydrogen-bond acceptors (Lipinski definition) is 5. The van der Waals surface area contributed by atoms with Crippen molar-refractivity contribution in [3.05, 3.63) is 23.5 Å². The average Bonchev–Trinajstić information content (AvgIpc) is 3.36. The number of carbonyl (C=O) groups excluding carboxylic acids is 2. The second kappa shape index (κ2) is 15.5. The van der Waals surface area contributed by atoms with Crippen molar-refractivity contribution in [1.29, 1.82) is 0 Å². The first-order chi connectivity index (χ1) is 21.4. The average molecular weight is 630 g/mol. The number of unbranched alkanes of at least 4 members (excludes halogenated alkanes) is 3. The highest BCUT2D eigenvalue weighted by molar-refractivity contribution is 6.01. The van der Waals surface area contributed by atoms with Crippen molar-refractivity contribution in [2.45, 2.75) is 167 Å². The summed E-state index contributed by atoms with van der Waals surface area (Å²) >= 11 is 0. The van der Waals surface area contributed by atoms with Gasteiger partial charge in [0.05, 0.1) is 13.0 Å². The Bertz CT molecular complexity index is 1140. The van der Waals surface area contributed by atoms with Crippen molar-refractivity contribution in [2.75, 3.05) is 6.61 Å². The Labute approximate surface area is 270 Å². The number of nitrogens with one attached hydrogen (secondary N) is 3. The summed E-state index contributed by atoms with van der Waals surface area (Å²) in [6.45, 7) is 10.1. The number of aromatic amines is 1. The molecule has 2 aliphatic carbocycles. The van der Waals surface area contributed by atoms with Crippen LogP contribution in [0.5, 0.6) is 0 Å². The number of carboxylic acid groups (broad SMARTS) is 1. The topological polar surface area (TPSA) is 130 Å². The maximum Gasteiger partial charge on any atom is 0.315 e. The first-order valence-corrected chi connectivity index (χ1v) is 17.7. The third-order valence-corrected chi connectivity index (χ3v) is 10.6. The molecular formula is C36H59N3O6. The largest absolute Gasteiger partial charge is 0.481 e. The number of hydrogen-bond donors (Lipinski definition) is 4. The molecule has 4 unspecified atom stereocenters. The normalized spacial score (nSPS) is 26.7. The molecule has 2 amide bonds. The van der Waals surface area contributed by atoms with E-state index in [9.17, 15) is 19.5 Å². The van der Waals surface area contributed by atoms with Crippen molar-refractivity contribution in [2.24, 2.45) is 11.3 Å². The minimum atomic E-state index is -0.919. The predicted molar refractivity (Wildman–Crippen MR) is 175 cm³/mol. The van der Waals surface area contributed by atoms with Gasteiger partial charge in [-0.05, 0) is 57.9 Å². The van der Waals surface area contributed by atoms with Gasteiger partial charge in [-0.15, -0.1) is 0 Å². The maximum absolute atomic E-state index is 14.1. The van der Waals surface area contributed by atoms with E-state index in [0.717, 1.165) is 70.6 Å². The van der Waals surface area contributed by atoms with Crippen molar-refractivity contribution in [3.63, 3.8) is 0 Å². The fourth-order valence-corrected chi connectivity index (χ4v) is 8.02. The highest BCUT2D eigenvalue weighted by Gasteiger charge is 2.47. The minimum absolute atomic E-state index is 0.129. The quantitative estimate of drug-likeness (QED) is 0.0999. The van der Waals surface area contributed by atoms with E-state index >= 15 is 0 Å². The van der Waals surface area contributed by atoms with Crippen molar-refractivity contribution in [1.82, 2.24) is 15.6 Å². The minimum Gasteiger partial charge on any atom is -0.481 e. The summed E-state index contributed by atoms with van der Waals surface area (Å²) in [6, 6.07) is 1.42. The number of aromatic nitrogens is 1. The molecule has 45 heavy (non-hydrogen) atoms. The summed E-state index contributed by atoms with van der Waals surface area (Å²) in [5.74, 6) is -2.58. The molecule has 4 N–H and O–H groups in total. The molecular weight excluding hydrogens is 570 g/mol. The fraction of sp³-hybridized carbons (Fsp3) is 0.806. The number of aliphatic carboxylic acids is 1. The molecule has 1 saturated heterocycles. The molecule has 9 nitrogen and oxygen atoms in total. The standard InChI is InChI=1S/C36H59N3O6/c1-6-7-8-13-19-36(20-14-10-15-21-36)39-33(43)38-28-17-12-9-11-16-25(28)27(23-29(40)41)30-26(18-22-37-30)31(42)32-34(2,3)24-44-35(4,5)45-32/h18,22,25,27-28,32,37H,6-17,19-21,23-24H2,1-5H3,(H,40,41)(H2,38,39,43). The van der Waals surface area contributed by atoms with Crippen LogP contribution in [0.25, 0.3) is 0 Å². The first kappa shape index (κ1) is 35.5. The highest BCUT2D eigenvalue weighted by atomic mass is 16.7. The number of Topliss-reactive ketones (excluding diaryl/α,β-unsaturated/α-hetero) is 1. The van der Waals surface area contributed by atoms with Crippen molar-refractivity contribution < 1.29 is 29.0 Å². The lowest BCUT2D eigenvalue weighted by Gasteiger charge is -2.45. The van der Waals surface area contributed by atoms with Crippen LogP contribution in [0, 0.1) is 11.3 Å². The summed E-state index contributed by atoms with van der Waals surface area (Å²) in [6.07, 6.45) is 16.6. The molecule has 254 valence electrons. The van der Waals surface area contributed by atoms with Gasteiger partial charge < -0.3 is 30.2 Å². The molecule has 2 saturated carbocycles. The molecule has 3 aliphatic rings. The SMILES string of the molecule is CCCCCCC1(NC(=O)NC2CCCCCC2C(CC(=O)O)c2[nH]ccc2C(=O)C2OC(C)(C)OCC2(C)C)CCCCC1.